The van der Waals surface area contributed by atoms with Gasteiger partial charge in [-0.05, 0) is 60.7 Å². The van der Waals surface area contributed by atoms with Crippen molar-refractivity contribution in [1.82, 2.24) is 14.7 Å². The molecule has 0 aliphatic carbocycles. The predicted octanol–water partition coefficient (Wildman–Crippen LogP) is 4.33. The van der Waals surface area contributed by atoms with Gasteiger partial charge in [-0.2, -0.15) is 10.4 Å². The minimum atomic E-state index is -0.605. The van der Waals surface area contributed by atoms with Gasteiger partial charge in [0.2, 0.25) is 0 Å². The molecule has 0 saturated carbocycles. The second-order valence-electron chi connectivity index (χ2n) is 10.2. The van der Waals surface area contributed by atoms with Crippen LogP contribution in [0.1, 0.15) is 40.5 Å². The van der Waals surface area contributed by atoms with E-state index in [9.17, 15) is 19.6 Å². The summed E-state index contributed by atoms with van der Waals surface area (Å²) in [7, 11) is 0. The molecule has 6 rings (SSSR count). The second-order valence-corrected chi connectivity index (χ2v) is 11.2. The molecular weight excluding hydrogens is 517 g/mol. The summed E-state index contributed by atoms with van der Waals surface area (Å²) in [5.41, 5.74) is 9.04. The number of thiophene rings is 1. The zero-order chi connectivity index (χ0) is 27.1. The van der Waals surface area contributed by atoms with Crippen LogP contribution in [-0.2, 0) is 4.74 Å². The average Bonchev–Trinajstić information content (AvgIpc) is 3.57. The van der Waals surface area contributed by atoms with E-state index in [4.69, 9.17) is 10.5 Å². The van der Waals surface area contributed by atoms with Crippen LogP contribution in [0.15, 0.2) is 48.7 Å². The molecule has 3 N–H and O–H groups in total. The SMILES string of the molecule is N#Cc1ccc(-c2cc(C(=O)N3CCC[C@@H](N)C3)sc2-c2ccc3nn([C@H]4COCC[C@@H]4O)cc3c2)cc1F. The molecule has 4 aromatic rings. The van der Waals surface area contributed by atoms with E-state index in [1.807, 2.05) is 36.5 Å². The summed E-state index contributed by atoms with van der Waals surface area (Å²) in [5.74, 6) is -0.691. The Bertz CT molecular complexity index is 1590. The lowest BCUT2D eigenvalue weighted by atomic mass is 10.00. The van der Waals surface area contributed by atoms with E-state index in [-0.39, 0.29) is 23.6 Å². The molecule has 3 atom stereocenters. The molecule has 8 nitrogen and oxygen atoms in total. The van der Waals surface area contributed by atoms with Crippen LogP contribution in [0.25, 0.3) is 32.5 Å². The van der Waals surface area contributed by atoms with Crippen molar-refractivity contribution in [3.63, 3.8) is 0 Å². The molecule has 0 radical (unpaired) electrons. The Labute approximate surface area is 229 Å². The van der Waals surface area contributed by atoms with Gasteiger partial charge in [-0.1, -0.05) is 12.1 Å². The summed E-state index contributed by atoms with van der Waals surface area (Å²) < 4.78 is 22.0. The Hall–Kier alpha value is -3.62. The fraction of sp³-hybridized carbons (Fsp3) is 0.345. The van der Waals surface area contributed by atoms with Gasteiger partial charge in [0.05, 0.1) is 28.7 Å². The number of aromatic nitrogens is 2. The third-order valence-corrected chi connectivity index (χ3v) is 8.68. The maximum atomic E-state index is 14.6. The largest absolute Gasteiger partial charge is 0.391 e. The number of rotatable bonds is 4. The van der Waals surface area contributed by atoms with Crippen LogP contribution in [0, 0.1) is 17.1 Å². The average molecular weight is 546 g/mol. The number of piperidine rings is 1. The quantitative estimate of drug-likeness (QED) is 0.394. The van der Waals surface area contributed by atoms with Crippen LogP contribution in [0.4, 0.5) is 4.39 Å². The Kier molecular flexibility index (Phi) is 6.91. The van der Waals surface area contributed by atoms with Gasteiger partial charge in [0.1, 0.15) is 17.9 Å². The van der Waals surface area contributed by atoms with E-state index in [0.29, 0.717) is 43.2 Å². The third kappa shape index (κ3) is 4.94. The van der Waals surface area contributed by atoms with Crippen LogP contribution in [0.2, 0.25) is 0 Å². The molecule has 200 valence electrons. The van der Waals surface area contributed by atoms with Crippen molar-refractivity contribution in [2.24, 2.45) is 5.73 Å². The molecule has 2 aliphatic heterocycles. The van der Waals surface area contributed by atoms with Gasteiger partial charge in [0, 0.05) is 47.8 Å². The van der Waals surface area contributed by atoms with Crippen LogP contribution < -0.4 is 5.73 Å². The first-order valence-electron chi connectivity index (χ1n) is 13.0. The summed E-state index contributed by atoms with van der Waals surface area (Å²) in [6.07, 6.45) is 3.69. The normalized spacial score (nSPS) is 21.7. The molecule has 2 aliphatic rings. The molecule has 0 spiro atoms. The highest BCUT2D eigenvalue weighted by atomic mass is 32.1. The number of carbonyl (C=O) groups is 1. The maximum Gasteiger partial charge on any atom is 0.264 e. The van der Waals surface area contributed by atoms with Crippen molar-refractivity contribution in [3.05, 3.63) is 64.9 Å². The Balaban J connectivity index is 1.42. The molecule has 2 aromatic carbocycles. The smallest absolute Gasteiger partial charge is 0.264 e. The van der Waals surface area contributed by atoms with Gasteiger partial charge in [-0.25, -0.2) is 4.39 Å². The van der Waals surface area contributed by atoms with Gasteiger partial charge in [0.25, 0.3) is 5.91 Å². The zero-order valence-electron chi connectivity index (χ0n) is 21.2. The number of nitrogens with zero attached hydrogens (tertiary/aromatic N) is 4. The number of hydrogen-bond acceptors (Lipinski definition) is 7. The van der Waals surface area contributed by atoms with E-state index in [0.717, 1.165) is 39.7 Å². The summed E-state index contributed by atoms with van der Waals surface area (Å²) in [5, 5.41) is 25.2. The van der Waals surface area contributed by atoms with Crippen molar-refractivity contribution in [2.45, 2.75) is 37.5 Å². The van der Waals surface area contributed by atoms with E-state index >= 15 is 0 Å². The Morgan fingerprint density at radius 3 is 2.82 bits per heavy atom. The second kappa shape index (κ2) is 10.5. The van der Waals surface area contributed by atoms with E-state index in [2.05, 4.69) is 5.10 Å². The van der Waals surface area contributed by atoms with Crippen molar-refractivity contribution in [2.75, 3.05) is 26.3 Å². The van der Waals surface area contributed by atoms with Crippen molar-refractivity contribution in [3.8, 4) is 27.6 Å². The highest BCUT2D eigenvalue weighted by Gasteiger charge is 2.28. The number of ether oxygens (including phenoxy) is 1. The number of hydrogen-bond donors (Lipinski definition) is 2. The van der Waals surface area contributed by atoms with Crippen LogP contribution >= 0.6 is 11.3 Å². The van der Waals surface area contributed by atoms with Crippen LogP contribution in [-0.4, -0.2) is 64.1 Å². The van der Waals surface area contributed by atoms with Gasteiger partial charge in [-0.15, -0.1) is 11.3 Å². The van der Waals surface area contributed by atoms with Crippen LogP contribution in [0.5, 0.6) is 0 Å². The molecule has 2 aromatic heterocycles. The van der Waals surface area contributed by atoms with E-state index < -0.39 is 11.9 Å². The third-order valence-electron chi connectivity index (χ3n) is 7.50. The van der Waals surface area contributed by atoms with Crippen molar-refractivity contribution < 1.29 is 19.0 Å². The number of carbonyl (C=O) groups excluding carboxylic acids is 1. The molecular formula is C29H28FN5O3S. The Morgan fingerprint density at radius 1 is 1.21 bits per heavy atom. The van der Waals surface area contributed by atoms with Crippen LogP contribution in [0.3, 0.4) is 0 Å². The number of nitriles is 1. The molecule has 10 heteroatoms. The summed E-state index contributed by atoms with van der Waals surface area (Å²) in [4.78, 5) is 16.6. The van der Waals surface area contributed by atoms with Crippen molar-refractivity contribution >= 4 is 28.1 Å². The van der Waals surface area contributed by atoms with Gasteiger partial charge < -0.3 is 20.5 Å². The molecule has 4 heterocycles. The summed E-state index contributed by atoms with van der Waals surface area (Å²) in [6, 6.07) is 13.7. The first-order chi connectivity index (χ1) is 18.9. The minimum Gasteiger partial charge on any atom is -0.391 e. The van der Waals surface area contributed by atoms with E-state index in [1.54, 1.807) is 15.6 Å². The number of aliphatic hydroxyl groups excluding tert-OH is 1. The lowest BCUT2D eigenvalue weighted by molar-refractivity contribution is -0.0327. The van der Waals surface area contributed by atoms with Gasteiger partial charge in [-0.3, -0.25) is 9.48 Å². The van der Waals surface area contributed by atoms with Crippen molar-refractivity contribution in [1.29, 1.82) is 5.26 Å². The van der Waals surface area contributed by atoms with Gasteiger partial charge in [0.15, 0.2) is 0 Å². The fourth-order valence-electron chi connectivity index (χ4n) is 5.37. The highest BCUT2D eigenvalue weighted by molar-refractivity contribution is 7.18. The maximum absolute atomic E-state index is 14.6. The topological polar surface area (TPSA) is 117 Å². The standard InChI is InChI=1S/C29H28FN5O3S/c30-23-11-17(3-4-19(23)13-31)22-12-27(29(37)34-8-1-2-21(32)15-34)39-28(22)18-5-6-24-20(10-18)14-35(33-24)25-16-38-9-7-26(25)36/h3-6,10-12,14,21,25-26,36H,1-2,7-9,15-16,32H2/t21-,25+,26+/m1/s1. The van der Waals surface area contributed by atoms with E-state index in [1.165, 1.54) is 23.5 Å². The lowest BCUT2D eigenvalue weighted by Gasteiger charge is -2.30. The predicted molar refractivity (Wildman–Crippen MR) is 147 cm³/mol. The number of amides is 1. The number of halogens is 1. The van der Waals surface area contributed by atoms with Gasteiger partial charge >= 0.3 is 0 Å². The number of benzene rings is 2. The molecule has 2 fully saturated rings. The summed E-state index contributed by atoms with van der Waals surface area (Å²) >= 11 is 1.36. The highest BCUT2D eigenvalue weighted by Crippen LogP contribution is 2.41. The first kappa shape index (κ1) is 25.6. The number of fused-ring (bicyclic) bond motifs is 1. The molecule has 0 unspecified atom stereocenters. The number of nitrogens with two attached hydrogens (primary N) is 1. The summed E-state index contributed by atoms with van der Waals surface area (Å²) in [6.45, 7) is 2.09. The Morgan fingerprint density at radius 2 is 2.05 bits per heavy atom. The first-order valence-corrected chi connectivity index (χ1v) is 13.9. The minimum absolute atomic E-state index is 0.0307. The fourth-order valence-corrected chi connectivity index (χ4v) is 6.51. The number of likely N-dealkylation sites (tertiary alicyclic amines) is 1. The monoisotopic (exact) mass is 545 g/mol. The lowest BCUT2D eigenvalue weighted by Crippen LogP contribution is -2.45. The molecule has 0 bridgehead atoms. The molecule has 1 amide bonds. The molecule has 39 heavy (non-hydrogen) atoms. The molecule has 2 saturated heterocycles. The zero-order valence-corrected chi connectivity index (χ0v) is 22.0. The number of aliphatic hydroxyl groups is 1.